The molecule has 0 saturated carbocycles. The van der Waals surface area contributed by atoms with Crippen LogP contribution in [0.25, 0.3) is 0 Å². The predicted molar refractivity (Wildman–Crippen MR) is 123 cm³/mol. The van der Waals surface area contributed by atoms with E-state index in [4.69, 9.17) is 30.5 Å². The van der Waals surface area contributed by atoms with Gasteiger partial charge >= 0.3 is 12.1 Å². The van der Waals surface area contributed by atoms with Gasteiger partial charge in [0.25, 0.3) is 5.91 Å². The number of carbonyl (C=O) groups excluding carboxylic acids is 5. The van der Waals surface area contributed by atoms with Crippen molar-refractivity contribution in [3.63, 3.8) is 0 Å². The third kappa shape index (κ3) is 6.98. The van der Waals surface area contributed by atoms with Gasteiger partial charge in [0.1, 0.15) is 23.9 Å². The number of β-lactam (4-membered cyclic amide) rings is 1. The average Bonchev–Trinajstić information content (AvgIpc) is 2.85. The molecule has 0 spiro atoms. The van der Waals surface area contributed by atoms with Gasteiger partial charge in [-0.2, -0.15) is 0 Å². The first-order valence-corrected chi connectivity index (χ1v) is 12.2. The summed E-state index contributed by atoms with van der Waals surface area (Å²) in [4.78, 5) is 67.2. The van der Waals surface area contributed by atoms with Crippen LogP contribution < -0.4 is 5.32 Å². The van der Waals surface area contributed by atoms with Crippen LogP contribution in [0.3, 0.4) is 0 Å². The van der Waals surface area contributed by atoms with Crippen LogP contribution in [0.1, 0.15) is 19.8 Å². The van der Waals surface area contributed by atoms with E-state index < -0.39 is 64.9 Å². The lowest BCUT2D eigenvalue weighted by atomic mass is 9.88. The summed E-state index contributed by atoms with van der Waals surface area (Å²) in [5, 5.41) is 5.36. The number of hydrogen-bond acceptors (Lipinski definition) is 12. The number of nitrogens with zero attached hydrogens (tertiary/aromatic N) is 2. The van der Waals surface area contributed by atoms with E-state index >= 15 is 0 Å². The molecule has 0 radical (unpaired) electrons. The second kappa shape index (κ2) is 13.5. The number of unbranched alkanes of at least 4 members (excludes halogenated alkanes) is 1. The van der Waals surface area contributed by atoms with Crippen LogP contribution in [0, 0.1) is 5.41 Å². The van der Waals surface area contributed by atoms with Crippen molar-refractivity contribution < 1.29 is 47.8 Å². The summed E-state index contributed by atoms with van der Waals surface area (Å²) in [5.74, 6) is -3.12. The Hall–Kier alpha value is -2.58. The van der Waals surface area contributed by atoms with Crippen LogP contribution in [-0.2, 0) is 43.0 Å². The molecule has 2 saturated heterocycles. The number of esters is 1. The second-order valence-corrected chi connectivity index (χ2v) is 9.03. The Bertz CT molecular complexity index is 857. The van der Waals surface area contributed by atoms with E-state index in [1.807, 2.05) is 6.92 Å². The number of amides is 2. The molecule has 15 heteroatoms. The minimum atomic E-state index is -1.21. The molecule has 0 aliphatic carbocycles. The molecule has 2 rings (SSSR count). The molecular weight excluding hydrogens is 510 g/mol. The number of ketones is 1. The standard InChI is InChI=1S/C20H28ClN3O10S/c1-4-5-6-32-19(29)34-11-33-18(28)20(9-30-2)8-24-16(27)14(17(24)35-10-20)22-15(26)13(23-31-3)12(25)7-21/h14,17H,4-11H2,1-3H3,(H,22,26)/t14?,17-,20?/m1/s1. The number of oxime groups is 1. The third-order valence-corrected chi connectivity index (χ3v) is 6.98. The maximum absolute atomic E-state index is 12.8. The second-order valence-electron chi connectivity index (χ2n) is 7.66. The zero-order valence-corrected chi connectivity index (χ0v) is 21.1. The number of carbonyl (C=O) groups is 5. The van der Waals surface area contributed by atoms with Gasteiger partial charge in [-0.1, -0.05) is 18.5 Å². The maximum Gasteiger partial charge on any atom is 0.511 e. The smallest absolute Gasteiger partial charge is 0.434 e. The van der Waals surface area contributed by atoms with Gasteiger partial charge in [-0.25, -0.2) is 4.79 Å². The fourth-order valence-corrected chi connectivity index (χ4v) is 5.03. The molecule has 1 N–H and O–H groups in total. The van der Waals surface area contributed by atoms with Crippen LogP contribution in [0.5, 0.6) is 0 Å². The Balaban J connectivity index is 1.96. The van der Waals surface area contributed by atoms with Gasteiger partial charge in [-0.15, -0.1) is 23.4 Å². The van der Waals surface area contributed by atoms with Crippen LogP contribution >= 0.6 is 23.4 Å². The van der Waals surface area contributed by atoms with E-state index in [2.05, 4.69) is 15.3 Å². The molecule has 0 bridgehead atoms. The highest BCUT2D eigenvalue weighted by Gasteiger charge is 2.58. The summed E-state index contributed by atoms with van der Waals surface area (Å²) >= 11 is 6.72. The van der Waals surface area contributed by atoms with E-state index in [0.29, 0.717) is 6.42 Å². The highest BCUT2D eigenvalue weighted by molar-refractivity contribution is 8.00. The predicted octanol–water partition coefficient (Wildman–Crippen LogP) is 0.283. The van der Waals surface area contributed by atoms with E-state index in [0.717, 1.165) is 13.5 Å². The van der Waals surface area contributed by atoms with E-state index in [9.17, 15) is 24.0 Å². The third-order valence-electron chi connectivity index (χ3n) is 5.15. The monoisotopic (exact) mass is 537 g/mol. The lowest BCUT2D eigenvalue weighted by Crippen LogP contribution is -2.74. The highest BCUT2D eigenvalue weighted by Crippen LogP contribution is 2.42. The number of hydrogen-bond donors (Lipinski definition) is 1. The molecule has 13 nitrogen and oxygen atoms in total. The molecule has 0 aromatic rings. The largest absolute Gasteiger partial charge is 0.511 e. The molecule has 35 heavy (non-hydrogen) atoms. The van der Waals surface area contributed by atoms with Gasteiger partial charge in [0.15, 0.2) is 0 Å². The molecule has 2 fully saturated rings. The number of alkyl halides is 1. The molecule has 196 valence electrons. The van der Waals surface area contributed by atoms with E-state index in [-0.39, 0.29) is 25.5 Å². The maximum atomic E-state index is 12.8. The van der Waals surface area contributed by atoms with Gasteiger partial charge in [-0.3, -0.25) is 19.2 Å². The normalized spacial score (nSPS) is 23.5. The Morgan fingerprint density at radius 1 is 1.23 bits per heavy atom. The zero-order valence-electron chi connectivity index (χ0n) is 19.6. The summed E-state index contributed by atoms with van der Waals surface area (Å²) in [6.07, 6.45) is 0.567. The molecule has 2 heterocycles. The summed E-state index contributed by atoms with van der Waals surface area (Å²) in [6, 6.07) is -0.935. The van der Waals surface area contributed by atoms with Gasteiger partial charge in [-0.05, 0) is 6.42 Å². The lowest BCUT2D eigenvalue weighted by molar-refractivity contribution is -0.173. The van der Waals surface area contributed by atoms with Gasteiger partial charge < -0.3 is 34.0 Å². The average molecular weight is 538 g/mol. The van der Waals surface area contributed by atoms with Crippen LogP contribution in [-0.4, -0.2) is 104 Å². The van der Waals surface area contributed by atoms with E-state index in [1.165, 1.54) is 23.8 Å². The molecule has 0 aromatic carbocycles. The molecular formula is C20H28ClN3O10S. The van der Waals surface area contributed by atoms with Crippen molar-refractivity contribution in [2.75, 3.05) is 52.4 Å². The summed E-state index contributed by atoms with van der Waals surface area (Å²) < 4.78 is 19.9. The molecule has 2 aliphatic heterocycles. The topological polar surface area (TPSA) is 159 Å². The number of Topliss-reactive ketones (excluding diaryl/α,β-unsaturated/α-hetero) is 1. The van der Waals surface area contributed by atoms with Gasteiger partial charge in [0.05, 0.1) is 19.1 Å². The minimum absolute atomic E-state index is 0.0386. The number of rotatable bonds is 13. The summed E-state index contributed by atoms with van der Waals surface area (Å²) in [7, 11) is 2.57. The van der Waals surface area contributed by atoms with Crippen molar-refractivity contribution >= 4 is 58.8 Å². The molecule has 2 amide bonds. The van der Waals surface area contributed by atoms with E-state index in [1.54, 1.807) is 0 Å². The van der Waals surface area contributed by atoms with Crippen LogP contribution in [0.4, 0.5) is 4.79 Å². The first-order chi connectivity index (χ1) is 16.7. The van der Waals surface area contributed by atoms with Crippen LogP contribution in [0.2, 0.25) is 0 Å². The van der Waals surface area contributed by atoms with Gasteiger partial charge in [0.2, 0.25) is 24.2 Å². The lowest BCUT2D eigenvalue weighted by Gasteiger charge is -2.53. The Morgan fingerprint density at radius 2 is 1.97 bits per heavy atom. The number of nitrogens with one attached hydrogen (secondary N) is 1. The Labute approximate surface area is 211 Å². The van der Waals surface area contributed by atoms with Crippen molar-refractivity contribution in [2.45, 2.75) is 31.2 Å². The zero-order chi connectivity index (χ0) is 26.0. The summed E-state index contributed by atoms with van der Waals surface area (Å²) in [6.45, 7) is 1.40. The molecule has 3 atom stereocenters. The highest BCUT2D eigenvalue weighted by atomic mass is 35.5. The number of thioether (sulfide) groups is 1. The summed E-state index contributed by atoms with van der Waals surface area (Å²) in [5.41, 5.74) is -1.77. The van der Waals surface area contributed by atoms with Crippen molar-refractivity contribution in [2.24, 2.45) is 10.6 Å². The number of halogens is 1. The fourth-order valence-electron chi connectivity index (χ4n) is 3.38. The Morgan fingerprint density at radius 3 is 2.60 bits per heavy atom. The Kier molecular flexibility index (Phi) is 11.0. The first kappa shape index (κ1) is 28.7. The number of ether oxygens (including phenoxy) is 4. The van der Waals surface area contributed by atoms with Crippen molar-refractivity contribution in [3.8, 4) is 0 Å². The minimum Gasteiger partial charge on any atom is -0.434 e. The molecule has 0 aromatic heterocycles. The van der Waals surface area contributed by atoms with Crippen molar-refractivity contribution in [1.29, 1.82) is 0 Å². The fraction of sp³-hybridized carbons (Fsp3) is 0.700. The van der Waals surface area contributed by atoms with Gasteiger partial charge in [0, 0.05) is 19.4 Å². The SMILES string of the molecule is CCCCOC(=O)OCOC(=O)C1(COC)CS[C@@H]2C(NC(=O)C(=NOC)C(=O)CCl)C(=O)N2C1. The van der Waals surface area contributed by atoms with Crippen molar-refractivity contribution in [1.82, 2.24) is 10.2 Å². The van der Waals surface area contributed by atoms with Crippen LogP contribution in [0.15, 0.2) is 5.16 Å². The number of fused-ring (bicyclic) bond motifs is 1. The first-order valence-electron chi connectivity index (χ1n) is 10.6. The molecule has 2 aliphatic rings. The van der Waals surface area contributed by atoms with Crippen molar-refractivity contribution in [3.05, 3.63) is 0 Å². The molecule has 2 unspecified atom stereocenters. The quantitative estimate of drug-likeness (QED) is 0.0502. The number of methoxy groups -OCH3 is 1.